The quantitative estimate of drug-likeness (QED) is 0.929. The van der Waals surface area contributed by atoms with Crippen molar-refractivity contribution in [2.75, 3.05) is 13.1 Å². The topological polar surface area (TPSA) is 40.5 Å². The number of aromatic hydroxyl groups is 1. The van der Waals surface area contributed by atoms with Crippen LogP contribution in [-0.4, -0.2) is 29.0 Å². The SMILES string of the molecule is O=C(Cc1ccc(O)c(Cl)c1)N1CC[C@@H](c2ccccc2F)C1. The van der Waals surface area contributed by atoms with Crippen LogP contribution in [0.25, 0.3) is 0 Å². The third-order valence-corrected chi connectivity index (χ3v) is 4.56. The molecule has 1 atom stereocenters. The first-order valence-electron chi connectivity index (χ1n) is 7.54. The lowest BCUT2D eigenvalue weighted by atomic mass is 9.98. The Morgan fingerprint density at radius 2 is 2.09 bits per heavy atom. The molecular weight excluding hydrogens is 317 g/mol. The van der Waals surface area contributed by atoms with Crippen molar-refractivity contribution in [3.63, 3.8) is 0 Å². The van der Waals surface area contributed by atoms with E-state index >= 15 is 0 Å². The Labute approximate surface area is 139 Å². The second-order valence-electron chi connectivity index (χ2n) is 5.81. The fourth-order valence-corrected chi connectivity index (χ4v) is 3.20. The van der Waals surface area contributed by atoms with Crippen molar-refractivity contribution in [2.45, 2.75) is 18.8 Å². The second kappa shape index (κ2) is 6.59. The maximum atomic E-state index is 13.9. The van der Waals surface area contributed by atoms with Crippen molar-refractivity contribution in [3.05, 3.63) is 64.4 Å². The van der Waals surface area contributed by atoms with Crippen LogP contribution in [0.3, 0.4) is 0 Å². The van der Waals surface area contributed by atoms with Crippen LogP contribution in [0.5, 0.6) is 5.75 Å². The van der Waals surface area contributed by atoms with Crippen molar-refractivity contribution in [1.29, 1.82) is 0 Å². The maximum Gasteiger partial charge on any atom is 0.227 e. The van der Waals surface area contributed by atoms with E-state index in [9.17, 15) is 14.3 Å². The van der Waals surface area contributed by atoms with Crippen LogP contribution in [0.4, 0.5) is 4.39 Å². The number of phenols is 1. The molecule has 3 rings (SSSR count). The number of rotatable bonds is 3. The van der Waals surface area contributed by atoms with E-state index in [1.54, 1.807) is 29.2 Å². The fraction of sp³-hybridized carbons (Fsp3) is 0.278. The summed E-state index contributed by atoms with van der Waals surface area (Å²) in [5.74, 6) is -0.171. The summed E-state index contributed by atoms with van der Waals surface area (Å²) in [6, 6.07) is 11.5. The van der Waals surface area contributed by atoms with Crippen molar-refractivity contribution in [2.24, 2.45) is 0 Å². The first-order valence-corrected chi connectivity index (χ1v) is 7.92. The zero-order valence-corrected chi connectivity index (χ0v) is 13.3. The minimum Gasteiger partial charge on any atom is -0.506 e. The molecule has 0 aliphatic carbocycles. The van der Waals surface area contributed by atoms with Crippen LogP contribution in [0.1, 0.15) is 23.5 Å². The van der Waals surface area contributed by atoms with Gasteiger partial charge < -0.3 is 10.0 Å². The molecule has 120 valence electrons. The van der Waals surface area contributed by atoms with Gasteiger partial charge in [0.15, 0.2) is 0 Å². The van der Waals surface area contributed by atoms with E-state index in [4.69, 9.17) is 11.6 Å². The van der Waals surface area contributed by atoms with E-state index in [2.05, 4.69) is 0 Å². The van der Waals surface area contributed by atoms with Crippen LogP contribution < -0.4 is 0 Å². The van der Waals surface area contributed by atoms with Crippen molar-refractivity contribution in [3.8, 4) is 5.75 Å². The maximum absolute atomic E-state index is 13.9. The molecule has 0 bridgehead atoms. The third kappa shape index (κ3) is 3.48. The average molecular weight is 334 g/mol. The minimum atomic E-state index is -0.211. The van der Waals surface area contributed by atoms with Gasteiger partial charge in [-0.15, -0.1) is 0 Å². The molecule has 3 nitrogen and oxygen atoms in total. The highest BCUT2D eigenvalue weighted by atomic mass is 35.5. The van der Waals surface area contributed by atoms with Gasteiger partial charge in [0.2, 0.25) is 5.91 Å². The largest absolute Gasteiger partial charge is 0.506 e. The number of likely N-dealkylation sites (tertiary alicyclic amines) is 1. The minimum absolute atomic E-state index is 0.00338. The smallest absolute Gasteiger partial charge is 0.227 e. The molecule has 5 heteroatoms. The van der Waals surface area contributed by atoms with Gasteiger partial charge in [0, 0.05) is 19.0 Å². The van der Waals surface area contributed by atoms with E-state index in [0.29, 0.717) is 18.7 Å². The number of carbonyl (C=O) groups excluding carboxylic acids is 1. The van der Waals surface area contributed by atoms with Crippen LogP contribution in [0.2, 0.25) is 5.02 Å². The van der Waals surface area contributed by atoms with Crippen LogP contribution in [0.15, 0.2) is 42.5 Å². The van der Waals surface area contributed by atoms with Gasteiger partial charge in [-0.25, -0.2) is 4.39 Å². The molecule has 1 amide bonds. The van der Waals surface area contributed by atoms with E-state index in [1.165, 1.54) is 12.1 Å². The fourth-order valence-electron chi connectivity index (χ4n) is 2.99. The number of benzene rings is 2. The first kappa shape index (κ1) is 15.8. The normalized spacial score (nSPS) is 17.5. The highest BCUT2D eigenvalue weighted by molar-refractivity contribution is 6.32. The molecule has 0 radical (unpaired) electrons. The highest BCUT2D eigenvalue weighted by Crippen LogP contribution is 2.30. The van der Waals surface area contributed by atoms with Crippen LogP contribution in [0, 0.1) is 5.82 Å². The molecule has 1 fully saturated rings. The molecule has 1 aliphatic rings. The molecule has 2 aromatic carbocycles. The van der Waals surface area contributed by atoms with E-state index < -0.39 is 0 Å². The Bertz CT molecular complexity index is 735. The predicted octanol–water partition coefficient (Wildman–Crippen LogP) is 3.74. The molecule has 2 aromatic rings. The van der Waals surface area contributed by atoms with Crippen molar-refractivity contribution in [1.82, 2.24) is 4.90 Å². The third-order valence-electron chi connectivity index (χ3n) is 4.25. The van der Waals surface area contributed by atoms with E-state index in [-0.39, 0.29) is 34.8 Å². The molecule has 1 N–H and O–H groups in total. The number of nitrogens with zero attached hydrogens (tertiary/aromatic N) is 1. The lowest BCUT2D eigenvalue weighted by Crippen LogP contribution is -2.29. The molecule has 0 unspecified atom stereocenters. The molecule has 0 aromatic heterocycles. The van der Waals surface area contributed by atoms with Crippen molar-refractivity contribution >= 4 is 17.5 Å². The molecule has 1 aliphatic heterocycles. The van der Waals surface area contributed by atoms with Gasteiger partial charge in [0.1, 0.15) is 11.6 Å². The summed E-state index contributed by atoms with van der Waals surface area (Å²) in [7, 11) is 0. The summed E-state index contributed by atoms with van der Waals surface area (Å²) in [5, 5.41) is 9.65. The summed E-state index contributed by atoms with van der Waals surface area (Å²) >= 11 is 5.86. The number of hydrogen-bond donors (Lipinski definition) is 1. The average Bonchev–Trinajstić information content (AvgIpc) is 3.01. The van der Waals surface area contributed by atoms with Gasteiger partial charge >= 0.3 is 0 Å². The molecule has 1 saturated heterocycles. The number of phenolic OH excluding ortho intramolecular Hbond substituents is 1. The summed E-state index contributed by atoms with van der Waals surface area (Å²) in [6.45, 7) is 1.16. The molecule has 1 heterocycles. The van der Waals surface area contributed by atoms with Gasteiger partial charge in [0.25, 0.3) is 0 Å². The zero-order chi connectivity index (χ0) is 16.4. The molecule has 0 saturated carbocycles. The second-order valence-corrected chi connectivity index (χ2v) is 6.22. The first-order chi connectivity index (χ1) is 11.0. The number of halogens is 2. The Morgan fingerprint density at radius 1 is 1.30 bits per heavy atom. The Kier molecular flexibility index (Phi) is 4.53. The van der Waals surface area contributed by atoms with E-state index in [1.807, 2.05) is 6.07 Å². The molecule has 0 spiro atoms. The van der Waals surface area contributed by atoms with Crippen molar-refractivity contribution < 1.29 is 14.3 Å². The monoisotopic (exact) mass is 333 g/mol. The predicted molar refractivity (Wildman–Crippen MR) is 87.2 cm³/mol. The highest BCUT2D eigenvalue weighted by Gasteiger charge is 2.28. The van der Waals surface area contributed by atoms with Gasteiger partial charge in [0.05, 0.1) is 11.4 Å². The standard InChI is InChI=1S/C18H17ClFNO2/c19-15-9-12(5-6-17(15)22)10-18(23)21-8-7-13(11-21)14-3-1-2-4-16(14)20/h1-6,9,13,22H,7-8,10-11H2/t13-/m1/s1. The number of hydrogen-bond acceptors (Lipinski definition) is 2. The van der Waals surface area contributed by atoms with E-state index in [0.717, 1.165) is 12.0 Å². The van der Waals surface area contributed by atoms with Crippen LogP contribution >= 0.6 is 11.6 Å². The summed E-state index contributed by atoms with van der Waals surface area (Å²) in [6.07, 6.45) is 0.993. The Balaban J connectivity index is 1.65. The summed E-state index contributed by atoms with van der Waals surface area (Å²) in [4.78, 5) is 14.2. The van der Waals surface area contributed by atoms with Gasteiger partial charge in [-0.05, 0) is 35.7 Å². The summed E-state index contributed by atoms with van der Waals surface area (Å²) in [5.41, 5.74) is 1.43. The molecule has 23 heavy (non-hydrogen) atoms. The molecular formula is C18H17ClFNO2. The lowest BCUT2D eigenvalue weighted by molar-refractivity contribution is -0.129. The van der Waals surface area contributed by atoms with Gasteiger partial charge in [-0.2, -0.15) is 0 Å². The van der Waals surface area contributed by atoms with Gasteiger partial charge in [-0.3, -0.25) is 4.79 Å². The zero-order valence-electron chi connectivity index (χ0n) is 12.5. The Morgan fingerprint density at radius 3 is 2.83 bits per heavy atom. The summed E-state index contributed by atoms with van der Waals surface area (Å²) < 4.78 is 13.9. The lowest BCUT2D eigenvalue weighted by Gasteiger charge is -2.17. The number of amides is 1. The van der Waals surface area contributed by atoms with Gasteiger partial charge in [-0.1, -0.05) is 35.9 Å². The number of carbonyl (C=O) groups is 1. The Hall–Kier alpha value is -2.07. The van der Waals surface area contributed by atoms with Crippen LogP contribution in [-0.2, 0) is 11.2 Å².